The number of sulfonamides is 1. The third kappa shape index (κ3) is 3.53. The van der Waals surface area contributed by atoms with E-state index < -0.39 is 10.0 Å². The molecule has 0 spiro atoms. The summed E-state index contributed by atoms with van der Waals surface area (Å²) in [5, 5.41) is 2.76. The van der Waals surface area contributed by atoms with Crippen molar-refractivity contribution in [1.29, 1.82) is 0 Å². The molecule has 25 heavy (non-hydrogen) atoms. The Hall–Kier alpha value is -2.74. The van der Waals surface area contributed by atoms with Crippen molar-refractivity contribution in [3.8, 4) is 11.5 Å². The number of carbonyl (C=O) groups is 1. The van der Waals surface area contributed by atoms with Crippen molar-refractivity contribution in [2.24, 2.45) is 0 Å². The van der Waals surface area contributed by atoms with E-state index in [0.717, 1.165) is 6.26 Å². The van der Waals surface area contributed by atoms with Gasteiger partial charge in [0.2, 0.25) is 10.0 Å². The Morgan fingerprint density at radius 3 is 2.72 bits per heavy atom. The first-order valence-corrected chi connectivity index (χ1v) is 9.44. The monoisotopic (exact) mass is 362 g/mol. The number of hydrogen-bond acceptors (Lipinski definition) is 5. The minimum Gasteiger partial charge on any atom is -0.496 e. The van der Waals surface area contributed by atoms with Crippen LogP contribution in [-0.2, 0) is 10.0 Å². The first kappa shape index (κ1) is 17.1. The maximum absolute atomic E-state index is 12.5. The number of para-hydroxylation sites is 1. The van der Waals surface area contributed by atoms with E-state index in [0.29, 0.717) is 28.4 Å². The maximum Gasteiger partial charge on any atom is 0.259 e. The number of hydrogen-bond donors (Lipinski definition) is 1. The number of carbonyl (C=O) groups excluding carboxylic acids is 1. The molecule has 0 saturated carbocycles. The van der Waals surface area contributed by atoms with Crippen molar-refractivity contribution >= 4 is 27.3 Å². The first-order chi connectivity index (χ1) is 11.9. The van der Waals surface area contributed by atoms with Crippen molar-refractivity contribution in [1.82, 2.24) is 0 Å². The lowest BCUT2D eigenvalue weighted by atomic mass is 10.1. The smallest absolute Gasteiger partial charge is 0.259 e. The third-order valence-electron chi connectivity index (χ3n) is 3.79. The molecule has 0 fully saturated rings. The van der Waals surface area contributed by atoms with Crippen LogP contribution in [0.5, 0.6) is 11.5 Å². The van der Waals surface area contributed by atoms with E-state index in [1.54, 1.807) is 42.5 Å². The van der Waals surface area contributed by atoms with E-state index in [1.807, 2.05) is 0 Å². The molecule has 1 N–H and O–H groups in total. The van der Waals surface area contributed by atoms with Gasteiger partial charge >= 0.3 is 0 Å². The highest BCUT2D eigenvalue weighted by atomic mass is 32.2. The quantitative estimate of drug-likeness (QED) is 0.900. The van der Waals surface area contributed by atoms with Gasteiger partial charge in [0, 0.05) is 5.69 Å². The van der Waals surface area contributed by atoms with Gasteiger partial charge in [-0.1, -0.05) is 12.1 Å². The van der Waals surface area contributed by atoms with Crippen LogP contribution in [0.2, 0.25) is 0 Å². The van der Waals surface area contributed by atoms with Crippen LogP contribution in [0.4, 0.5) is 11.4 Å². The maximum atomic E-state index is 12.5. The van der Waals surface area contributed by atoms with Crippen molar-refractivity contribution in [2.75, 3.05) is 36.1 Å². The SMILES string of the molecule is COc1ccccc1C(=O)Nc1ccc2c(c1)N(S(C)(=O)=O)CCO2. The fourth-order valence-electron chi connectivity index (χ4n) is 2.65. The van der Waals surface area contributed by atoms with E-state index in [9.17, 15) is 13.2 Å². The number of rotatable bonds is 4. The molecule has 3 rings (SSSR count). The summed E-state index contributed by atoms with van der Waals surface area (Å²) in [5.74, 6) is 0.575. The van der Waals surface area contributed by atoms with Crippen molar-refractivity contribution in [2.45, 2.75) is 0 Å². The molecular formula is C17H18N2O5S. The molecule has 0 atom stereocenters. The summed E-state index contributed by atoms with van der Waals surface area (Å²) in [6, 6.07) is 11.8. The Kier molecular flexibility index (Phi) is 4.54. The Labute approximate surface area is 146 Å². The number of methoxy groups -OCH3 is 1. The number of nitrogens with one attached hydrogen (secondary N) is 1. The van der Waals surface area contributed by atoms with Crippen molar-refractivity contribution in [3.05, 3.63) is 48.0 Å². The van der Waals surface area contributed by atoms with Gasteiger partial charge < -0.3 is 14.8 Å². The minimum absolute atomic E-state index is 0.232. The molecular weight excluding hydrogens is 344 g/mol. The summed E-state index contributed by atoms with van der Waals surface area (Å²) >= 11 is 0. The van der Waals surface area contributed by atoms with E-state index >= 15 is 0 Å². The molecule has 0 radical (unpaired) electrons. The largest absolute Gasteiger partial charge is 0.496 e. The van der Waals surface area contributed by atoms with E-state index in [4.69, 9.17) is 9.47 Å². The highest BCUT2D eigenvalue weighted by Crippen LogP contribution is 2.35. The number of amides is 1. The second kappa shape index (κ2) is 6.64. The number of anilines is 2. The normalized spacial score (nSPS) is 13.6. The van der Waals surface area contributed by atoms with Gasteiger partial charge in [-0.3, -0.25) is 9.10 Å². The number of nitrogens with zero attached hydrogens (tertiary/aromatic N) is 1. The van der Waals surface area contributed by atoms with Crippen molar-refractivity contribution < 1.29 is 22.7 Å². The summed E-state index contributed by atoms with van der Waals surface area (Å²) < 4.78 is 35.9. The van der Waals surface area contributed by atoms with Gasteiger partial charge in [0.15, 0.2) is 0 Å². The Bertz CT molecular complexity index is 911. The van der Waals surface area contributed by atoms with Crippen LogP contribution < -0.4 is 19.1 Å². The summed E-state index contributed by atoms with van der Waals surface area (Å²) in [4.78, 5) is 12.5. The van der Waals surface area contributed by atoms with Gasteiger partial charge in [-0.05, 0) is 30.3 Å². The molecule has 0 aromatic heterocycles. The fourth-order valence-corrected chi connectivity index (χ4v) is 3.55. The number of ether oxygens (including phenoxy) is 2. The lowest BCUT2D eigenvalue weighted by Gasteiger charge is -2.29. The van der Waals surface area contributed by atoms with E-state index in [2.05, 4.69) is 5.32 Å². The van der Waals surface area contributed by atoms with Gasteiger partial charge in [0.1, 0.15) is 18.1 Å². The Balaban J connectivity index is 1.91. The second-order valence-corrected chi connectivity index (χ2v) is 7.43. The molecule has 2 aromatic rings. The van der Waals surface area contributed by atoms with Gasteiger partial charge in [0.25, 0.3) is 5.91 Å². The highest BCUT2D eigenvalue weighted by Gasteiger charge is 2.25. The molecule has 1 aliphatic heterocycles. The molecule has 0 bridgehead atoms. The number of benzene rings is 2. The Morgan fingerprint density at radius 2 is 2.00 bits per heavy atom. The molecule has 2 aromatic carbocycles. The number of fused-ring (bicyclic) bond motifs is 1. The summed E-state index contributed by atoms with van der Waals surface area (Å²) in [7, 11) is -1.93. The molecule has 0 unspecified atom stereocenters. The van der Waals surface area contributed by atoms with Crippen molar-refractivity contribution in [3.63, 3.8) is 0 Å². The molecule has 8 heteroatoms. The van der Waals surface area contributed by atoms with Gasteiger partial charge in [-0.2, -0.15) is 0 Å². The Morgan fingerprint density at radius 1 is 1.24 bits per heavy atom. The topological polar surface area (TPSA) is 84.9 Å². The zero-order chi connectivity index (χ0) is 18.0. The summed E-state index contributed by atoms with van der Waals surface area (Å²) in [6.45, 7) is 0.517. The fraction of sp³-hybridized carbons (Fsp3) is 0.235. The highest BCUT2D eigenvalue weighted by molar-refractivity contribution is 7.92. The molecule has 7 nitrogen and oxygen atoms in total. The molecule has 132 valence electrons. The van der Waals surface area contributed by atoms with Crippen LogP contribution in [-0.4, -0.2) is 40.8 Å². The van der Waals surface area contributed by atoms with E-state index in [1.165, 1.54) is 11.4 Å². The van der Waals surface area contributed by atoms with Gasteiger partial charge in [-0.25, -0.2) is 8.42 Å². The predicted octanol–water partition coefficient (Wildman–Crippen LogP) is 2.11. The summed E-state index contributed by atoms with van der Waals surface area (Å²) in [6.07, 6.45) is 1.14. The van der Waals surface area contributed by atoms with E-state index in [-0.39, 0.29) is 19.1 Å². The summed E-state index contributed by atoms with van der Waals surface area (Å²) in [5.41, 5.74) is 1.26. The first-order valence-electron chi connectivity index (χ1n) is 7.59. The zero-order valence-corrected chi connectivity index (χ0v) is 14.7. The molecule has 0 aliphatic carbocycles. The lowest BCUT2D eigenvalue weighted by Crippen LogP contribution is -2.37. The second-order valence-electron chi connectivity index (χ2n) is 5.52. The molecule has 0 saturated heterocycles. The minimum atomic E-state index is -3.43. The van der Waals surface area contributed by atoms with Crippen LogP contribution in [0.1, 0.15) is 10.4 Å². The third-order valence-corrected chi connectivity index (χ3v) is 4.97. The standard InChI is InChI=1S/C17H18N2O5S/c1-23-15-6-4-3-5-13(15)17(20)18-12-7-8-16-14(11-12)19(9-10-24-16)25(2,21)22/h3-8,11H,9-10H2,1-2H3,(H,18,20). The lowest BCUT2D eigenvalue weighted by molar-refractivity contribution is 0.102. The van der Waals surface area contributed by atoms with Crippen LogP contribution in [0.15, 0.2) is 42.5 Å². The van der Waals surface area contributed by atoms with Gasteiger partial charge in [0.05, 0.1) is 31.2 Å². The predicted molar refractivity (Wildman–Crippen MR) is 95.1 cm³/mol. The van der Waals surface area contributed by atoms with Crippen LogP contribution >= 0.6 is 0 Å². The average molecular weight is 362 g/mol. The van der Waals surface area contributed by atoms with Crippen LogP contribution in [0.25, 0.3) is 0 Å². The molecule has 1 amide bonds. The molecule has 1 heterocycles. The average Bonchev–Trinajstić information content (AvgIpc) is 2.60. The molecule has 1 aliphatic rings. The van der Waals surface area contributed by atoms with Crippen LogP contribution in [0, 0.1) is 0 Å². The zero-order valence-electron chi connectivity index (χ0n) is 13.9. The van der Waals surface area contributed by atoms with Gasteiger partial charge in [-0.15, -0.1) is 0 Å². The van der Waals surface area contributed by atoms with Crippen LogP contribution in [0.3, 0.4) is 0 Å².